The number of nitrogens with one attached hydrogen (secondary N) is 2. The number of rotatable bonds is 11. The lowest BCUT2D eigenvalue weighted by Gasteiger charge is -2.17. The second-order valence-electron chi connectivity index (χ2n) is 7.83. The van der Waals surface area contributed by atoms with Crippen molar-refractivity contribution in [3.63, 3.8) is 0 Å². The van der Waals surface area contributed by atoms with Crippen molar-refractivity contribution in [2.75, 3.05) is 46.6 Å². The first-order chi connectivity index (χ1) is 13.6. The third-order valence-electron chi connectivity index (χ3n) is 4.60. The van der Waals surface area contributed by atoms with Crippen molar-refractivity contribution in [1.29, 1.82) is 0 Å². The molecule has 28 heavy (non-hydrogen) atoms. The van der Waals surface area contributed by atoms with Crippen LogP contribution in [0.5, 0.6) is 5.75 Å². The van der Waals surface area contributed by atoms with E-state index in [0.717, 1.165) is 63.1 Å². The summed E-state index contributed by atoms with van der Waals surface area (Å²) in [7, 11) is 1.79. The van der Waals surface area contributed by atoms with E-state index in [2.05, 4.69) is 54.6 Å². The molecule has 1 unspecified atom stereocenters. The van der Waals surface area contributed by atoms with Gasteiger partial charge >= 0.3 is 0 Å². The van der Waals surface area contributed by atoms with Crippen molar-refractivity contribution >= 4 is 5.96 Å². The minimum absolute atomic E-state index is 0.494. The Morgan fingerprint density at radius 1 is 1.32 bits per heavy atom. The molecule has 2 N–H and O–H groups in total. The third-order valence-corrected chi connectivity index (χ3v) is 4.60. The number of hydrogen-bond donors (Lipinski definition) is 2. The van der Waals surface area contributed by atoms with Crippen LogP contribution in [0.2, 0.25) is 0 Å². The Morgan fingerprint density at radius 2 is 2.18 bits per heavy atom. The largest absolute Gasteiger partial charge is 0.493 e. The Morgan fingerprint density at radius 3 is 2.89 bits per heavy atom. The van der Waals surface area contributed by atoms with Gasteiger partial charge in [0.25, 0.3) is 0 Å². The van der Waals surface area contributed by atoms with Crippen molar-refractivity contribution in [1.82, 2.24) is 10.6 Å². The summed E-state index contributed by atoms with van der Waals surface area (Å²) in [5.41, 5.74) is 2.33. The van der Waals surface area contributed by atoms with Gasteiger partial charge in [0, 0.05) is 51.4 Å². The number of guanidine groups is 1. The molecule has 0 radical (unpaired) electrons. The number of nitrogens with zero attached hydrogens (tertiary/aromatic N) is 1. The van der Waals surface area contributed by atoms with Crippen LogP contribution in [0.15, 0.2) is 23.2 Å². The number of ether oxygens (including phenoxy) is 3. The van der Waals surface area contributed by atoms with E-state index < -0.39 is 0 Å². The van der Waals surface area contributed by atoms with Crippen LogP contribution >= 0.6 is 0 Å². The zero-order valence-electron chi connectivity index (χ0n) is 17.9. The minimum Gasteiger partial charge on any atom is -0.493 e. The van der Waals surface area contributed by atoms with Gasteiger partial charge in [-0.3, -0.25) is 4.99 Å². The molecule has 1 aliphatic heterocycles. The monoisotopic (exact) mass is 391 g/mol. The predicted octanol–water partition coefficient (Wildman–Crippen LogP) is 3.14. The van der Waals surface area contributed by atoms with Gasteiger partial charge in [-0.1, -0.05) is 26.0 Å². The van der Waals surface area contributed by atoms with Crippen LogP contribution < -0.4 is 15.4 Å². The molecule has 158 valence electrons. The molecule has 1 aliphatic rings. The highest BCUT2D eigenvalue weighted by Crippen LogP contribution is 2.22. The Kier molecular flexibility index (Phi) is 10.1. The molecule has 1 heterocycles. The summed E-state index contributed by atoms with van der Waals surface area (Å²) in [6.45, 7) is 11.8. The summed E-state index contributed by atoms with van der Waals surface area (Å²) < 4.78 is 17.2. The van der Waals surface area contributed by atoms with Gasteiger partial charge in [-0.15, -0.1) is 0 Å². The summed E-state index contributed by atoms with van der Waals surface area (Å²) in [6, 6.07) is 6.34. The molecule has 6 heteroatoms. The van der Waals surface area contributed by atoms with Crippen molar-refractivity contribution in [3.8, 4) is 5.75 Å². The second kappa shape index (κ2) is 12.6. The van der Waals surface area contributed by atoms with Crippen LogP contribution in [0.4, 0.5) is 0 Å². The number of benzene rings is 1. The summed E-state index contributed by atoms with van der Waals surface area (Å²) >= 11 is 0. The zero-order chi connectivity index (χ0) is 20.2. The maximum Gasteiger partial charge on any atom is 0.191 e. The molecule has 0 aromatic heterocycles. The van der Waals surface area contributed by atoms with Gasteiger partial charge in [-0.2, -0.15) is 0 Å². The summed E-state index contributed by atoms with van der Waals surface area (Å²) in [5.74, 6) is 2.81. The summed E-state index contributed by atoms with van der Waals surface area (Å²) in [4.78, 5) is 4.30. The standard InChI is InChI=1S/C22H37N3O3/c1-17(2)14-26-10-5-9-24-22(23-4)25-13-20-7-6-18(3)12-21(20)28-16-19-8-11-27-15-19/h6-7,12,17,19H,5,8-11,13-16H2,1-4H3,(H2,23,24,25). The van der Waals surface area contributed by atoms with Crippen molar-refractivity contribution in [2.45, 2.75) is 40.2 Å². The van der Waals surface area contributed by atoms with Crippen LogP contribution in [-0.4, -0.2) is 52.6 Å². The SMILES string of the molecule is CN=C(NCCCOCC(C)C)NCc1ccc(C)cc1OCC1CCOC1. The third kappa shape index (κ3) is 8.48. The fourth-order valence-electron chi connectivity index (χ4n) is 2.96. The molecule has 0 spiro atoms. The van der Waals surface area contributed by atoms with E-state index in [9.17, 15) is 0 Å². The molecule has 2 rings (SSSR count). The molecule has 0 aliphatic carbocycles. The predicted molar refractivity (Wildman–Crippen MR) is 114 cm³/mol. The molecule has 1 aromatic carbocycles. The van der Waals surface area contributed by atoms with E-state index in [-0.39, 0.29) is 0 Å². The molecule has 0 bridgehead atoms. The fraction of sp³-hybridized carbons (Fsp3) is 0.682. The van der Waals surface area contributed by atoms with Crippen LogP contribution in [0.1, 0.15) is 37.8 Å². The van der Waals surface area contributed by atoms with E-state index >= 15 is 0 Å². The second-order valence-corrected chi connectivity index (χ2v) is 7.83. The Balaban J connectivity index is 1.76. The van der Waals surface area contributed by atoms with E-state index in [1.54, 1.807) is 7.05 Å². The first-order valence-electron chi connectivity index (χ1n) is 10.4. The van der Waals surface area contributed by atoms with Crippen LogP contribution in [0.3, 0.4) is 0 Å². The molecule has 1 atom stereocenters. The Labute approximate surface area is 170 Å². The maximum absolute atomic E-state index is 6.12. The van der Waals surface area contributed by atoms with E-state index in [0.29, 0.717) is 25.0 Å². The van der Waals surface area contributed by atoms with Gasteiger partial charge in [0.15, 0.2) is 5.96 Å². The Hall–Kier alpha value is -1.79. The molecule has 1 aromatic rings. The quantitative estimate of drug-likeness (QED) is 0.345. The summed E-state index contributed by atoms with van der Waals surface area (Å²) in [5, 5.41) is 6.71. The van der Waals surface area contributed by atoms with Gasteiger partial charge in [0.1, 0.15) is 5.75 Å². The normalized spacial score (nSPS) is 17.2. The highest BCUT2D eigenvalue weighted by atomic mass is 16.5. The van der Waals surface area contributed by atoms with Crippen molar-refractivity contribution < 1.29 is 14.2 Å². The molecule has 0 saturated carbocycles. The molecular formula is C22H37N3O3. The molecule has 1 saturated heterocycles. The van der Waals surface area contributed by atoms with E-state index in [1.165, 1.54) is 5.56 Å². The number of hydrogen-bond acceptors (Lipinski definition) is 4. The fourth-order valence-corrected chi connectivity index (χ4v) is 2.96. The lowest BCUT2D eigenvalue weighted by molar-refractivity contribution is 0.108. The van der Waals surface area contributed by atoms with Crippen molar-refractivity contribution in [2.24, 2.45) is 16.8 Å². The molecular weight excluding hydrogens is 354 g/mol. The van der Waals surface area contributed by atoms with Gasteiger partial charge in [0.05, 0.1) is 13.2 Å². The molecule has 0 amide bonds. The smallest absolute Gasteiger partial charge is 0.191 e. The van der Waals surface area contributed by atoms with Gasteiger partial charge in [-0.25, -0.2) is 0 Å². The van der Waals surface area contributed by atoms with E-state index in [1.807, 2.05) is 0 Å². The lowest BCUT2D eigenvalue weighted by Crippen LogP contribution is -2.37. The van der Waals surface area contributed by atoms with Crippen molar-refractivity contribution in [3.05, 3.63) is 29.3 Å². The average Bonchev–Trinajstić information content (AvgIpc) is 3.19. The average molecular weight is 392 g/mol. The number of aliphatic imine (C=N–C) groups is 1. The Bertz CT molecular complexity index is 599. The minimum atomic E-state index is 0.494. The van der Waals surface area contributed by atoms with Gasteiger partial charge in [0.2, 0.25) is 0 Å². The summed E-state index contributed by atoms with van der Waals surface area (Å²) in [6.07, 6.45) is 2.03. The molecule has 6 nitrogen and oxygen atoms in total. The van der Waals surface area contributed by atoms with E-state index in [4.69, 9.17) is 14.2 Å². The first-order valence-corrected chi connectivity index (χ1v) is 10.4. The number of aryl methyl sites for hydroxylation is 1. The lowest BCUT2D eigenvalue weighted by atomic mass is 10.1. The van der Waals surface area contributed by atoms with Gasteiger partial charge < -0.3 is 24.8 Å². The van der Waals surface area contributed by atoms with Crippen LogP contribution in [-0.2, 0) is 16.0 Å². The van der Waals surface area contributed by atoms with Crippen LogP contribution in [0, 0.1) is 18.8 Å². The topological polar surface area (TPSA) is 64.1 Å². The maximum atomic E-state index is 6.12. The first kappa shape index (κ1) is 22.5. The highest BCUT2D eigenvalue weighted by Gasteiger charge is 2.17. The highest BCUT2D eigenvalue weighted by molar-refractivity contribution is 5.79. The van der Waals surface area contributed by atoms with Gasteiger partial charge in [-0.05, 0) is 37.3 Å². The van der Waals surface area contributed by atoms with Crippen LogP contribution in [0.25, 0.3) is 0 Å². The zero-order valence-corrected chi connectivity index (χ0v) is 17.9. The molecule has 1 fully saturated rings.